The largest absolute Gasteiger partial charge is 0.368 e. The molecule has 0 unspecified atom stereocenters. The van der Waals surface area contributed by atoms with E-state index >= 15 is 0 Å². The van der Waals surface area contributed by atoms with Gasteiger partial charge in [-0.15, -0.1) is 0 Å². The van der Waals surface area contributed by atoms with Crippen molar-refractivity contribution in [3.8, 4) is 0 Å². The molecule has 0 saturated carbocycles. The predicted octanol–water partition coefficient (Wildman–Crippen LogP) is 6.35. The van der Waals surface area contributed by atoms with Crippen LogP contribution in [0.15, 0.2) is 77.3 Å². The second-order valence-corrected chi connectivity index (χ2v) is 10.7. The number of piperazine rings is 1. The number of nitrogens with one attached hydrogen (secondary N) is 2. The Morgan fingerprint density at radius 3 is 2.03 bits per heavy atom. The maximum atomic E-state index is 13.0. The molecule has 1 aliphatic rings. The molecule has 3 amide bonds. The van der Waals surface area contributed by atoms with E-state index in [2.05, 4.69) is 64.4 Å². The fourth-order valence-corrected chi connectivity index (χ4v) is 4.48. The molecule has 0 spiro atoms. The highest BCUT2D eigenvalue weighted by Crippen LogP contribution is 2.24. The summed E-state index contributed by atoms with van der Waals surface area (Å²) in [7, 11) is 0. The van der Waals surface area contributed by atoms with Crippen LogP contribution in [0.25, 0.3) is 0 Å². The summed E-state index contributed by atoms with van der Waals surface area (Å²) in [5.74, 6) is 0.0844. The first-order valence-corrected chi connectivity index (χ1v) is 12.6. The Bertz CT molecular complexity index is 1180. The molecule has 0 atom stereocenters. The standard InChI is InChI=1S/C28H31BrN4O2/c1-28(2,3)21-9-7-20(8-10-21)26(34)33-17-15-32(16-18-33)25-13-11-23(12-14-25)30-27(35)31-24-6-4-5-22(29)19-24/h4-14,19H,15-18H2,1-3H3,(H2,30,31,35). The molecular weight excluding hydrogens is 504 g/mol. The van der Waals surface area contributed by atoms with E-state index in [1.54, 1.807) is 0 Å². The van der Waals surface area contributed by atoms with Gasteiger partial charge in [-0.25, -0.2) is 4.79 Å². The van der Waals surface area contributed by atoms with E-state index in [9.17, 15) is 9.59 Å². The third-order valence-corrected chi connectivity index (χ3v) is 6.63. The summed E-state index contributed by atoms with van der Waals surface area (Å²) >= 11 is 3.40. The van der Waals surface area contributed by atoms with Crippen molar-refractivity contribution in [2.75, 3.05) is 41.7 Å². The SMILES string of the molecule is CC(C)(C)c1ccc(C(=O)N2CCN(c3ccc(NC(=O)Nc4cccc(Br)c4)cc3)CC2)cc1. The van der Waals surface area contributed by atoms with Crippen LogP contribution in [0.4, 0.5) is 21.9 Å². The number of hydrogen-bond acceptors (Lipinski definition) is 3. The summed E-state index contributed by atoms with van der Waals surface area (Å²) in [4.78, 5) is 29.4. The first kappa shape index (κ1) is 24.8. The number of urea groups is 1. The zero-order valence-corrected chi connectivity index (χ0v) is 21.9. The average Bonchev–Trinajstić information content (AvgIpc) is 2.84. The zero-order valence-electron chi connectivity index (χ0n) is 20.3. The fourth-order valence-electron chi connectivity index (χ4n) is 4.08. The summed E-state index contributed by atoms with van der Waals surface area (Å²) in [6.45, 7) is 9.40. The third kappa shape index (κ3) is 6.42. The van der Waals surface area contributed by atoms with Gasteiger partial charge in [-0.3, -0.25) is 4.79 Å². The molecule has 6 nitrogen and oxygen atoms in total. The topological polar surface area (TPSA) is 64.7 Å². The molecule has 0 radical (unpaired) electrons. The Morgan fingerprint density at radius 2 is 1.43 bits per heavy atom. The lowest BCUT2D eigenvalue weighted by Crippen LogP contribution is -2.48. The molecule has 1 aliphatic heterocycles. The molecule has 35 heavy (non-hydrogen) atoms. The van der Waals surface area contributed by atoms with Crippen LogP contribution in [0.2, 0.25) is 0 Å². The van der Waals surface area contributed by atoms with Crippen LogP contribution in [-0.4, -0.2) is 43.0 Å². The Balaban J connectivity index is 1.29. The number of carbonyl (C=O) groups is 2. The van der Waals surface area contributed by atoms with Gasteiger partial charge in [0.05, 0.1) is 0 Å². The van der Waals surface area contributed by atoms with Crippen molar-refractivity contribution in [1.29, 1.82) is 0 Å². The van der Waals surface area contributed by atoms with Gasteiger partial charge in [0.1, 0.15) is 0 Å². The molecule has 1 heterocycles. The van der Waals surface area contributed by atoms with Gasteiger partial charge in [0, 0.05) is 53.3 Å². The monoisotopic (exact) mass is 534 g/mol. The van der Waals surface area contributed by atoms with Crippen molar-refractivity contribution < 1.29 is 9.59 Å². The predicted molar refractivity (Wildman–Crippen MR) is 146 cm³/mol. The Morgan fingerprint density at radius 1 is 0.800 bits per heavy atom. The van der Waals surface area contributed by atoms with Gasteiger partial charge in [0.15, 0.2) is 0 Å². The first-order valence-electron chi connectivity index (χ1n) is 11.8. The first-order chi connectivity index (χ1) is 16.7. The number of amides is 3. The minimum absolute atomic E-state index is 0.0708. The summed E-state index contributed by atoms with van der Waals surface area (Å²) in [5.41, 5.74) is 4.54. The number of rotatable bonds is 4. The quantitative estimate of drug-likeness (QED) is 0.409. The number of hydrogen-bond donors (Lipinski definition) is 2. The normalized spacial score (nSPS) is 13.9. The van der Waals surface area contributed by atoms with E-state index in [1.165, 1.54) is 5.56 Å². The second-order valence-electron chi connectivity index (χ2n) is 9.74. The smallest absolute Gasteiger partial charge is 0.323 e. The van der Waals surface area contributed by atoms with E-state index in [0.717, 1.165) is 28.8 Å². The summed E-state index contributed by atoms with van der Waals surface area (Å²) in [5, 5.41) is 5.68. The van der Waals surface area contributed by atoms with Crippen LogP contribution in [-0.2, 0) is 5.41 Å². The molecule has 7 heteroatoms. The number of benzene rings is 3. The van der Waals surface area contributed by atoms with E-state index in [4.69, 9.17) is 0 Å². The van der Waals surface area contributed by atoms with Crippen LogP contribution < -0.4 is 15.5 Å². The van der Waals surface area contributed by atoms with Crippen LogP contribution in [0.1, 0.15) is 36.7 Å². The van der Waals surface area contributed by atoms with Gasteiger partial charge in [0.25, 0.3) is 5.91 Å². The average molecular weight is 535 g/mol. The Kier molecular flexibility index (Phi) is 7.45. The molecule has 2 N–H and O–H groups in total. The van der Waals surface area contributed by atoms with E-state index < -0.39 is 0 Å². The lowest BCUT2D eigenvalue weighted by molar-refractivity contribution is 0.0746. The molecule has 0 aromatic heterocycles. The molecule has 0 bridgehead atoms. The van der Waals surface area contributed by atoms with Crippen molar-refractivity contribution in [1.82, 2.24) is 4.90 Å². The van der Waals surface area contributed by atoms with E-state index in [-0.39, 0.29) is 17.4 Å². The van der Waals surface area contributed by atoms with Crippen LogP contribution in [0, 0.1) is 0 Å². The maximum absolute atomic E-state index is 13.0. The van der Waals surface area contributed by atoms with Crippen molar-refractivity contribution in [2.24, 2.45) is 0 Å². The number of nitrogens with zero attached hydrogens (tertiary/aromatic N) is 2. The molecule has 3 aromatic rings. The van der Waals surface area contributed by atoms with E-state index in [1.807, 2.05) is 65.6 Å². The van der Waals surface area contributed by atoms with Gasteiger partial charge in [-0.05, 0) is 65.6 Å². The maximum Gasteiger partial charge on any atom is 0.323 e. The molecule has 0 aliphatic carbocycles. The van der Waals surface area contributed by atoms with Crippen LogP contribution in [0.3, 0.4) is 0 Å². The highest BCUT2D eigenvalue weighted by Gasteiger charge is 2.23. The highest BCUT2D eigenvalue weighted by molar-refractivity contribution is 9.10. The minimum Gasteiger partial charge on any atom is -0.368 e. The highest BCUT2D eigenvalue weighted by atomic mass is 79.9. The molecular formula is C28H31BrN4O2. The summed E-state index contributed by atoms with van der Waals surface area (Å²) in [6.07, 6.45) is 0. The lowest BCUT2D eigenvalue weighted by atomic mass is 9.86. The van der Waals surface area contributed by atoms with Gasteiger partial charge in [-0.2, -0.15) is 0 Å². The molecule has 182 valence electrons. The van der Waals surface area contributed by atoms with E-state index in [0.29, 0.717) is 24.5 Å². The second kappa shape index (κ2) is 10.5. The van der Waals surface area contributed by atoms with Gasteiger partial charge < -0.3 is 20.4 Å². The van der Waals surface area contributed by atoms with Gasteiger partial charge in [0.2, 0.25) is 0 Å². The van der Waals surface area contributed by atoms with Crippen LogP contribution >= 0.6 is 15.9 Å². The molecule has 4 rings (SSSR count). The van der Waals surface area contributed by atoms with Gasteiger partial charge in [-0.1, -0.05) is 54.9 Å². The third-order valence-electron chi connectivity index (χ3n) is 6.14. The molecule has 3 aromatic carbocycles. The van der Waals surface area contributed by atoms with Crippen molar-refractivity contribution in [2.45, 2.75) is 26.2 Å². The number of halogens is 1. The van der Waals surface area contributed by atoms with Crippen molar-refractivity contribution in [3.05, 3.63) is 88.4 Å². The van der Waals surface area contributed by atoms with Gasteiger partial charge >= 0.3 is 6.03 Å². The lowest BCUT2D eigenvalue weighted by Gasteiger charge is -2.36. The zero-order chi connectivity index (χ0) is 25.0. The summed E-state index contributed by atoms with van der Waals surface area (Å²) in [6, 6.07) is 22.9. The molecule has 1 saturated heterocycles. The fraction of sp³-hybridized carbons (Fsp3) is 0.286. The van der Waals surface area contributed by atoms with Crippen LogP contribution in [0.5, 0.6) is 0 Å². The van der Waals surface area contributed by atoms with Crippen molar-refractivity contribution in [3.63, 3.8) is 0 Å². The Labute approximate surface area is 215 Å². The van der Waals surface area contributed by atoms with Crippen molar-refractivity contribution >= 4 is 44.9 Å². The molecule has 1 fully saturated rings. The Hall–Kier alpha value is -3.32. The minimum atomic E-state index is -0.293. The summed E-state index contributed by atoms with van der Waals surface area (Å²) < 4.78 is 0.903. The number of carbonyl (C=O) groups excluding carboxylic acids is 2. The number of anilines is 3.